The average Bonchev–Trinajstić information content (AvgIpc) is 3.51. The lowest BCUT2D eigenvalue weighted by Crippen LogP contribution is -2.36. The Morgan fingerprint density at radius 1 is 1.11 bits per heavy atom. The minimum atomic E-state index is -0.594. The number of nitrogens with zero attached hydrogens (tertiary/aromatic N) is 6. The molecule has 1 atom stereocenters. The van der Waals surface area contributed by atoms with Gasteiger partial charge < -0.3 is 23.7 Å². The molecule has 1 aliphatic heterocycles. The summed E-state index contributed by atoms with van der Waals surface area (Å²) in [6.07, 6.45) is 16.5. The van der Waals surface area contributed by atoms with Gasteiger partial charge in [-0.1, -0.05) is 27.2 Å². The van der Waals surface area contributed by atoms with Gasteiger partial charge in [-0.25, -0.2) is 24.7 Å². The third kappa shape index (κ3) is 7.00. The summed E-state index contributed by atoms with van der Waals surface area (Å²) in [6.45, 7) is 10.4. The number of anilines is 1. The van der Waals surface area contributed by atoms with E-state index in [1.54, 1.807) is 13.4 Å². The van der Waals surface area contributed by atoms with Gasteiger partial charge in [-0.2, -0.15) is 5.10 Å². The van der Waals surface area contributed by atoms with Crippen LogP contribution in [-0.4, -0.2) is 88.9 Å². The standard InChI is InChI=1S/C24H38N6O3S.C2H6/c1-6-7-21(31-2)30-15-19(14-27-30)20-16-29(18-33-12-13-34(3,4)5)24-22(20)23(25-17-26-24)28-8-10-32-11-9-28;1-2/h14-17,21H,6-13,18H2,1-5H3;1-2H3. The van der Waals surface area contributed by atoms with Crippen molar-refractivity contribution in [2.24, 2.45) is 0 Å². The first-order chi connectivity index (χ1) is 17.4. The first-order valence-electron chi connectivity index (χ1n) is 12.9. The summed E-state index contributed by atoms with van der Waals surface area (Å²) >= 11 is 0. The molecule has 3 aromatic heterocycles. The number of hydrogen-bond acceptors (Lipinski definition) is 7. The van der Waals surface area contributed by atoms with E-state index in [1.165, 1.54) is 0 Å². The summed E-state index contributed by atoms with van der Waals surface area (Å²) in [5, 5.41) is 5.65. The van der Waals surface area contributed by atoms with Crippen molar-refractivity contribution in [2.45, 2.75) is 46.6 Å². The van der Waals surface area contributed by atoms with Crippen molar-refractivity contribution in [1.82, 2.24) is 24.3 Å². The maximum atomic E-state index is 6.08. The quantitative estimate of drug-likeness (QED) is 0.337. The molecule has 1 saturated heterocycles. The topological polar surface area (TPSA) is 79.5 Å². The molecule has 9 nitrogen and oxygen atoms in total. The van der Waals surface area contributed by atoms with E-state index < -0.39 is 10.0 Å². The van der Waals surface area contributed by atoms with E-state index >= 15 is 0 Å². The molecular weight excluding hydrogens is 476 g/mol. The molecule has 0 N–H and O–H groups in total. The van der Waals surface area contributed by atoms with E-state index in [0.717, 1.165) is 66.3 Å². The van der Waals surface area contributed by atoms with Crippen LogP contribution in [-0.2, 0) is 20.9 Å². The largest absolute Gasteiger partial charge is 0.378 e. The van der Waals surface area contributed by atoms with Gasteiger partial charge in [0.2, 0.25) is 0 Å². The summed E-state index contributed by atoms with van der Waals surface area (Å²) in [5.74, 6) is 2.01. The highest BCUT2D eigenvalue weighted by atomic mass is 32.3. The van der Waals surface area contributed by atoms with Crippen LogP contribution in [0.5, 0.6) is 0 Å². The first-order valence-corrected chi connectivity index (χ1v) is 15.9. The number of aromatic nitrogens is 5. The minimum Gasteiger partial charge on any atom is -0.378 e. The van der Waals surface area contributed by atoms with Crippen LogP contribution >= 0.6 is 10.0 Å². The fourth-order valence-electron chi connectivity index (χ4n) is 4.15. The van der Waals surface area contributed by atoms with Gasteiger partial charge in [0.15, 0.2) is 0 Å². The Labute approximate surface area is 217 Å². The highest BCUT2D eigenvalue weighted by Gasteiger charge is 2.23. The van der Waals surface area contributed by atoms with Crippen LogP contribution in [0.25, 0.3) is 22.2 Å². The summed E-state index contributed by atoms with van der Waals surface area (Å²) < 4.78 is 21.3. The molecule has 10 heteroatoms. The lowest BCUT2D eigenvalue weighted by molar-refractivity contribution is 0.0264. The zero-order chi connectivity index (χ0) is 26.1. The van der Waals surface area contributed by atoms with Gasteiger partial charge >= 0.3 is 0 Å². The van der Waals surface area contributed by atoms with E-state index in [0.29, 0.717) is 19.9 Å². The molecule has 0 bridgehead atoms. The predicted octanol–water partition coefficient (Wildman–Crippen LogP) is 4.77. The maximum Gasteiger partial charge on any atom is 0.149 e. The van der Waals surface area contributed by atoms with Crippen LogP contribution in [0.4, 0.5) is 5.82 Å². The normalized spacial score (nSPS) is 15.6. The van der Waals surface area contributed by atoms with Crippen LogP contribution in [0.3, 0.4) is 0 Å². The maximum absolute atomic E-state index is 6.08. The molecule has 1 aliphatic rings. The zero-order valence-corrected chi connectivity index (χ0v) is 23.9. The molecule has 0 amide bonds. The van der Waals surface area contributed by atoms with Crippen LogP contribution < -0.4 is 4.90 Å². The molecule has 0 aromatic carbocycles. The smallest absolute Gasteiger partial charge is 0.149 e. The van der Waals surface area contributed by atoms with Gasteiger partial charge in [-0.05, 0) is 25.2 Å². The minimum absolute atomic E-state index is 0.0784. The fourth-order valence-corrected chi connectivity index (χ4v) is 4.77. The van der Waals surface area contributed by atoms with Gasteiger partial charge in [0.25, 0.3) is 0 Å². The van der Waals surface area contributed by atoms with Crippen molar-refractivity contribution >= 4 is 26.9 Å². The Morgan fingerprint density at radius 2 is 1.86 bits per heavy atom. The molecule has 0 radical (unpaired) electrons. The second-order valence-corrected chi connectivity index (χ2v) is 14.1. The molecular formula is C26H44N6O3S. The lowest BCUT2D eigenvalue weighted by atomic mass is 10.1. The molecule has 202 valence electrons. The summed E-state index contributed by atoms with van der Waals surface area (Å²) in [6, 6.07) is 0. The predicted molar refractivity (Wildman–Crippen MR) is 150 cm³/mol. The Morgan fingerprint density at radius 3 is 2.53 bits per heavy atom. The van der Waals surface area contributed by atoms with Crippen LogP contribution in [0.2, 0.25) is 0 Å². The highest BCUT2D eigenvalue weighted by molar-refractivity contribution is 8.32. The van der Waals surface area contributed by atoms with E-state index in [9.17, 15) is 0 Å². The van der Waals surface area contributed by atoms with Gasteiger partial charge in [0.05, 0.1) is 31.4 Å². The average molecular weight is 521 g/mol. The van der Waals surface area contributed by atoms with Gasteiger partial charge in [0.1, 0.15) is 30.8 Å². The van der Waals surface area contributed by atoms with E-state index in [1.807, 2.05) is 24.7 Å². The Hall–Kier alpha value is -2.14. The van der Waals surface area contributed by atoms with Gasteiger partial charge in [-0.3, -0.25) is 0 Å². The molecule has 3 aromatic rings. The molecule has 0 saturated carbocycles. The van der Waals surface area contributed by atoms with Gasteiger partial charge in [0, 0.05) is 49.5 Å². The number of morpholine rings is 1. The van der Waals surface area contributed by atoms with Gasteiger partial charge in [-0.15, -0.1) is 0 Å². The third-order valence-electron chi connectivity index (χ3n) is 6.03. The van der Waals surface area contributed by atoms with Crippen molar-refractivity contribution in [2.75, 3.05) is 69.4 Å². The van der Waals surface area contributed by atoms with E-state index in [-0.39, 0.29) is 6.23 Å². The van der Waals surface area contributed by atoms with E-state index in [4.69, 9.17) is 19.2 Å². The second-order valence-electron chi connectivity index (χ2n) is 9.53. The molecule has 36 heavy (non-hydrogen) atoms. The zero-order valence-electron chi connectivity index (χ0n) is 23.1. The molecule has 4 rings (SSSR count). The van der Waals surface area contributed by atoms with Crippen molar-refractivity contribution in [3.63, 3.8) is 0 Å². The van der Waals surface area contributed by atoms with Crippen molar-refractivity contribution < 1.29 is 14.2 Å². The molecule has 0 spiro atoms. The third-order valence-corrected chi connectivity index (χ3v) is 7.42. The summed E-state index contributed by atoms with van der Waals surface area (Å²) in [4.78, 5) is 11.7. The highest BCUT2D eigenvalue weighted by Crippen LogP contribution is 2.36. The fraction of sp³-hybridized carbons (Fsp3) is 0.654. The lowest BCUT2D eigenvalue weighted by Gasteiger charge is -2.28. The van der Waals surface area contributed by atoms with Crippen molar-refractivity contribution in [1.29, 1.82) is 0 Å². The Bertz CT molecular complexity index is 1070. The van der Waals surface area contributed by atoms with E-state index in [2.05, 4.69) is 57.6 Å². The summed E-state index contributed by atoms with van der Waals surface area (Å²) in [5.41, 5.74) is 2.95. The molecule has 1 unspecified atom stereocenters. The summed E-state index contributed by atoms with van der Waals surface area (Å²) in [7, 11) is 1.14. The monoisotopic (exact) mass is 520 g/mol. The Kier molecular flexibility index (Phi) is 10.6. The Balaban J connectivity index is 0.00000176. The number of ether oxygens (including phenoxy) is 3. The van der Waals surface area contributed by atoms with Crippen LogP contribution in [0.1, 0.15) is 39.8 Å². The first kappa shape index (κ1) is 28.4. The SMILES string of the molecule is CC.CCCC(OC)n1cc(-c2cn(COCCS(C)(C)C)c3ncnc(N4CCOCC4)c23)cn1. The van der Waals surface area contributed by atoms with Crippen LogP contribution in [0, 0.1) is 0 Å². The van der Waals surface area contributed by atoms with Crippen LogP contribution in [0.15, 0.2) is 24.9 Å². The molecule has 4 heterocycles. The molecule has 1 fully saturated rings. The molecule has 0 aliphatic carbocycles. The second kappa shape index (κ2) is 13.4. The number of hydrogen-bond donors (Lipinski definition) is 0. The van der Waals surface area contributed by atoms with Crippen molar-refractivity contribution in [3.8, 4) is 11.1 Å². The number of fused-ring (bicyclic) bond motifs is 1. The number of methoxy groups -OCH3 is 1. The van der Waals surface area contributed by atoms with Crippen molar-refractivity contribution in [3.05, 3.63) is 24.9 Å². The number of rotatable bonds is 11.